The monoisotopic (exact) mass is 280 g/mol. The molecule has 0 spiro atoms. The van der Waals surface area contributed by atoms with E-state index >= 15 is 0 Å². The van der Waals surface area contributed by atoms with E-state index in [0.29, 0.717) is 6.04 Å². The highest BCUT2D eigenvalue weighted by Crippen LogP contribution is 2.35. The Morgan fingerprint density at radius 3 is 2.89 bits per heavy atom. The number of methoxy groups -OCH3 is 1. The molecule has 2 bridgehead atoms. The van der Waals surface area contributed by atoms with Crippen molar-refractivity contribution in [1.29, 1.82) is 0 Å². The van der Waals surface area contributed by atoms with Gasteiger partial charge in [0.05, 0.1) is 12.8 Å². The quantitative estimate of drug-likeness (QED) is 0.920. The van der Waals surface area contributed by atoms with Gasteiger partial charge in [0.15, 0.2) is 0 Å². The molecule has 0 saturated carbocycles. The van der Waals surface area contributed by atoms with Gasteiger partial charge < -0.3 is 15.0 Å². The number of fused-ring (bicyclic) bond motifs is 2. The van der Waals surface area contributed by atoms with E-state index in [1.165, 1.54) is 32.5 Å². The minimum Gasteiger partial charge on any atom is -0.495 e. The Bertz CT molecular complexity index is 477. The van der Waals surface area contributed by atoms with Crippen LogP contribution in [0.1, 0.15) is 18.4 Å². The average molecular weight is 281 g/mol. The van der Waals surface area contributed by atoms with Crippen molar-refractivity contribution in [2.24, 2.45) is 5.92 Å². The van der Waals surface area contributed by atoms with E-state index in [4.69, 9.17) is 16.3 Å². The lowest BCUT2D eigenvalue weighted by Gasteiger charge is -2.32. The summed E-state index contributed by atoms with van der Waals surface area (Å²) in [5.74, 6) is 1.62. The molecule has 0 radical (unpaired) electrons. The minimum absolute atomic E-state index is 0.563. The largest absolute Gasteiger partial charge is 0.495 e. The first kappa shape index (κ1) is 13.1. The number of nitrogens with one attached hydrogen (secondary N) is 1. The topological polar surface area (TPSA) is 24.5 Å². The lowest BCUT2D eigenvalue weighted by atomic mass is 9.94. The summed E-state index contributed by atoms with van der Waals surface area (Å²) in [7, 11) is 1.70. The summed E-state index contributed by atoms with van der Waals surface area (Å²) < 4.78 is 5.44. The molecular formula is C15H21ClN2O. The van der Waals surface area contributed by atoms with Crippen LogP contribution in [-0.4, -0.2) is 37.7 Å². The van der Waals surface area contributed by atoms with Gasteiger partial charge in [0.25, 0.3) is 0 Å². The summed E-state index contributed by atoms with van der Waals surface area (Å²) in [6.45, 7) is 5.75. The molecule has 4 heteroatoms. The first-order chi connectivity index (χ1) is 9.17. The number of aryl methyl sites for hydroxylation is 1. The Labute approximate surface area is 119 Å². The highest BCUT2D eigenvalue weighted by atomic mass is 35.5. The number of ether oxygens (including phenoxy) is 1. The highest BCUT2D eigenvalue weighted by Gasteiger charge is 2.34. The second-order valence-corrected chi connectivity index (χ2v) is 6.10. The van der Waals surface area contributed by atoms with E-state index in [-0.39, 0.29) is 0 Å². The SMILES string of the molecule is COc1cc(Cl)c(C)cc1NC1CCN2CCC1C2. The third-order valence-corrected chi connectivity index (χ3v) is 4.86. The summed E-state index contributed by atoms with van der Waals surface area (Å²) in [6, 6.07) is 4.57. The third-order valence-electron chi connectivity index (χ3n) is 4.46. The van der Waals surface area contributed by atoms with Crippen molar-refractivity contribution < 1.29 is 4.74 Å². The minimum atomic E-state index is 0.563. The maximum absolute atomic E-state index is 6.16. The van der Waals surface area contributed by atoms with E-state index < -0.39 is 0 Å². The number of rotatable bonds is 3. The van der Waals surface area contributed by atoms with Gasteiger partial charge in [0.1, 0.15) is 5.75 Å². The van der Waals surface area contributed by atoms with Crippen molar-refractivity contribution in [3.63, 3.8) is 0 Å². The number of anilines is 1. The molecule has 0 amide bonds. The summed E-state index contributed by atoms with van der Waals surface area (Å²) in [5, 5.41) is 4.45. The molecule has 1 aromatic carbocycles. The average Bonchev–Trinajstić information content (AvgIpc) is 2.79. The van der Waals surface area contributed by atoms with Crippen LogP contribution in [0.4, 0.5) is 5.69 Å². The van der Waals surface area contributed by atoms with Crippen LogP contribution in [0.25, 0.3) is 0 Å². The Balaban J connectivity index is 1.80. The van der Waals surface area contributed by atoms with Gasteiger partial charge in [-0.25, -0.2) is 0 Å². The Kier molecular flexibility index (Phi) is 3.59. The van der Waals surface area contributed by atoms with E-state index in [1.807, 2.05) is 13.0 Å². The molecule has 19 heavy (non-hydrogen) atoms. The molecule has 2 saturated heterocycles. The lowest BCUT2D eigenvalue weighted by Crippen LogP contribution is -2.39. The molecule has 0 aliphatic carbocycles. The Morgan fingerprint density at radius 2 is 2.11 bits per heavy atom. The predicted molar refractivity (Wildman–Crippen MR) is 79.3 cm³/mol. The fourth-order valence-electron chi connectivity index (χ4n) is 3.29. The molecule has 1 N–H and O–H groups in total. The molecule has 3 atom stereocenters. The summed E-state index contributed by atoms with van der Waals surface area (Å²) in [5.41, 5.74) is 2.17. The van der Waals surface area contributed by atoms with Crippen molar-refractivity contribution in [3.8, 4) is 5.75 Å². The van der Waals surface area contributed by atoms with E-state index in [1.54, 1.807) is 7.11 Å². The molecule has 1 aromatic rings. The van der Waals surface area contributed by atoms with E-state index in [2.05, 4.69) is 16.3 Å². The summed E-state index contributed by atoms with van der Waals surface area (Å²) >= 11 is 6.16. The fraction of sp³-hybridized carbons (Fsp3) is 0.600. The number of nitrogens with zero attached hydrogens (tertiary/aromatic N) is 1. The van der Waals surface area contributed by atoms with Crippen LogP contribution in [0.2, 0.25) is 5.02 Å². The maximum Gasteiger partial charge on any atom is 0.143 e. The molecule has 2 heterocycles. The zero-order valence-corrected chi connectivity index (χ0v) is 12.3. The second-order valence-electron chi connectivity index (χ2n) is 5.69. The van der Waals surface area contributed by atoms with Crippen molar-refractivity contribution in [3.05, 3.63) is 22.7 Å². The number of benzene rings is 1. The third kappa shape index (κ3) is 2.54. The number of hydrogen-bond donors (Lipinski definition) is 1. The number of piperidine rings is 1. The van der Waals surface area contributed by atoms with Crippen LogP contribution < -0.4 is 10.1 Å². The van der Waals surface area contributed by atoms with Gasteiger partial charge in [-0.15, -0.1) is 0 Å². The molecule has 104 valence electrons. The lowest BCUT2D eigenvalue weighted by molar-refractivity contribution is 0.254. The van der Waals surface area contributed by atoms with Crippen molar-refractivity contribution in [1.82, 2.24) is 4.90 Å². The van der Waals surface area contributed by atoms with E-state index in [0.717, 1.165) is 27.9 Å². The van der Waals surface area contributed by atoms with Crippen molar-refractivity contribution in [2.75, 3.05) is 32.1 Å². The first-order valence-corrected chi connectivity index (χ1v) is 7.38. The van der Waals surface area contributed by atoms with Crippen LogP contribution in [0.5, 0.6) is 5.75 Å². The van der Waals surface area contributed by atoms with Gasteiger partial charge in [0, 0.05) is 30.2 Å². The van der Waals surface area contributed by atoms with Gasteiger partial charge in [-0.1, -0.05) is 11.6 Å². The van der Waals surface area contributed by atoms with Crippen LogP contribution in [-0.2, 0) is 0 Å². The summed E-state index contributed by atoms with van der Waals surface area (Å²) in [4.78, 5) is 2.56. The van der Waals surface area contributed by atoms with Gasteiger partial charge >= 0.3 is 0 Å². The Hall–Kier alpha value is -0.930. The van der Waals surface area contributed by atoms with Crippen LogP contribution >= 0.6 is 11.6 Å². The first-order valence-electron chi connectivity index (χ1n) is 7.00. The fourth-order valence-corrected chi connectivity index (χ4v) is 3.44. The summed E-state index contributed by atoms with van der Waals surface area (Å²) in [6.07, 6.45) is 2.53. The van der Waals surface area contributed by atoms with Gasteiger partial charge in [0.2, 0.25) is 0 Å². The van der Waals surface area contributed by atoms with Crippen LogP contribution in [0.3, 0.4) is 0 Å². The normalized spacial score (nSPS) is 29.3. The molecule has 2 aliphatic rings. The molecule has 3 nitrogen and oxygen atoms in total. The zero-order valence-electron chi connectivity index (χ0n) is 11.6. The van der Waals surface area contributed by atoms with Crippen LogP contribution in [0.15, 0.2) is 12.1 Å². The molecule has 0 aromatic heterocycles. The van der Waals surface area contributed by atoms with Crippen molar-refractivity contribution in [2.45, 2.75) is 25.8 Å². The number of halogens is 1. The molecule has 2 fully saturated rings. The Morgan fingerprint density at radius 1 is 1.32 bits per heavy atom. The van der Waals surface area contributed by atoms with E-state index in [9.17, 15) is 0 Å². The zero-order chi connectivity index (χ0) is 13.4. The molecule has 3 rings (SSSR count). The van der Waals surface area contributed by atoms with Gasteiger partial charge in [-0.05, 0) is 43.9 Å². The van der Waals surface area contributed by atoms with Crippen molar-refractivity contribution >= 4 is 17.3 Å². The van der Waals surface area contributed by atoms with Crippen LogP contribution in [0, 0.1) is 12.8 Å². The molecule has 2 aliphatic heterocycles. The standard InChI is InChI=1S/C15H21ClN2O/c1-10-7-14(15(19-2)8-12(10)16)17-13-4-6-18-5-3-11(13)9-18/h7-8,11,13,17H,3-6,9H2,1-2H3. The number of hydrogen-bond acceptors (Lipinski definition) is 3. The molecular weight excluding hydrogens is 260 g/mol. The highest BCUT2D eigenvalue weighted by molar-refractivity contribution is 6.31. The predicted octanol–water partition coefficient (Wildman–Crippen LogP) is 3.16. The van der Waals surface area contributed by atoms with Gasteiger partial charge in [-0.3, -0.25) is 0 Å². The van der Waals surface area contributed by atoms with Gasteiger partial charge in [-0.2, -0.15) is 0 Å². The maximum atomic E-state index is 6.16. The smallest absolute Gasteiger partial charge is 0.143 e. The molecule has 3 unspecified atom stereocenters. The second kappa shape index (κ2) is 5.22.